The molecule has 0 aromatic heterocycles. The third kappa shape index (κ3) is 5.43. The molecule has 0 saturated heterocycles. The fourth-order valence-corrected chi connectivity index (χ4v) is 1.71. The summed E-state index contributed by atoms with van der Waals surface area (Å²) in [5.74, 6) is 6.07. The number of rotatable bonds is 5. The molecule has 0 fully saturated rings. The third-order valence-electron chi connectivity index (χ3n) is 2.91. The Morgan fingerprint density at radius 2 is 2.20 bits per heavy atom. The average Bonchev–Trinajstić information content (AvgIpc) is 2.43. The zero-order valence-electron chi connectivity index (χ0n) is 12.1. The predicted molar refractivity (Wildman–Crippen MR) is 79.9 cm³/mol. The molecule has 1 unspecified atom stereocenters. The van der Waals surface area contributed by atoms with Gasteiger partial charge in [-0.3, -0.25) is 4.79 Å². The van der Waals surface area contributed by atoms with E-state index in [2.05, 4.69) is 11.8 Å². The van der Waals surface area contributed by atoms with E-state index >= 15 is 0 Å². The number of nitrogens with two attached hydrogens (primary N) is 1. The van der Waals surface area contributed by atoms with Crippen LogP contribution in [0, 0.1) is 11.8 Å². The van der Waals surface area contributed by atoms with E-state index < -0.39 is 6.10 Å². The lowest BCUT2D eigenvalue weighted by molar-refractivity contribution is -0.128. The number of carbonyl (C=O) groups excluding carboxylic acids is 1. The van der Waals surface area contributed by atoms with Crippen molar-refractivity contribution in [2.24, 2.45) is 5.73 Å². The van der Waals surface area contributed by atoms with Crippen LogP contribution in [-0.2, 0) is 4.79 Å². The Kier molecular flexibility index (Phi) is 6.78. The Hall–Kier alpha value is -1.83. The first-order valence-electron chi connectivity index (χ1n) is 6.71. The maximum Gasteiger partial charge on any atom is 0.223 e. The fourth-order valence-electron chi connectivity index (χ4n) is 1.71. The SMILES string of the molecule is CN(C)C(=O)CCC#Cc1cccc(C(O)CCN)c1. The Labute approximate surface area is 120 Å². The molecule has 1 aromatic rings. The van der Waals surface area contributed by atoms with Gasteiger partial charge in [0.05, 0.1) is 6.10 Å². The van der Waals surface area contributed by atoms with Crippen molar-refractivity contribution in [3.05, 3.63) is 35.4 Å². The van der Waals surface area contributed by atoms with Crippen LogP contribution < -0.4 is 5.73 Å². The van der Waals surface area contributed by atoms with Gasteiger partial charge < -0.3 is 15.7 Å². The molecule has 1 rings (SSSR count). The number of carbonyl (C=O) groups is 1. The second-order valence-electron chi connectivity index (χ2n) is 4.81. The van der Waals surface area contributed by atoms with Crippen molar-refractivity contribution in [3.8, 4) is 11.8 Å². The molecule has 4 heteroatoms. The summed E-state index contributed by atoms with van der Waals surface area (Å²) in [6, 6.07) is 7.48. The van der Waals surface area contributed by atoms with Gasteiger partial charge in [0.25, 0.3) is 0 Å². The van der Waals surface area contributed by atoms with Gasteiger partial charge in [-0.1, -0.05) is 24.0 Å². The van der Waals surface area contributed by atoms with Gasteiger partial charge in [-0.05, 0) is 30.7 Å². The highest BCUT2D eigenvalue weighted by Gasteiger charge is 2.06. The molecule has 0 bridgehead atoms. The highest BCUT2D eigenvalue weighted by Crippen LogP contribution is 2.16. The van der Waals surface area contributed by atoms with Crippen molar-refractivity contribution in [1.82, 2.24) is 4.90 Å². The monoisotopic (exact) mass is 274 g/mol. The quantitative estimate of drug-likeness (QED) is 0.795. The average molecular weight is 274 g/mol. The summed E-state index contributed by atoms with van der Waals surface area (Å²) in [4.78, 5) is 12.9. The summed E-state index contributed by atoms with van der Waals surface area (Å²) in [6.07, 6.45) is 0.952. The summed E-state index contributed by atoms with van der Waals surface area (Å²) in [6.45, 7) is 0.448. The standard InChI is InChI=1S/C16H22N2O2/c1-18(2)16(20)9-4-3-6-13-7-5-8-14(12-13)15(19)10-11-17/h5,7-8,12,15,19H,4,9-11,17H2,1-2H3. The van der Waals surface area contributed by atoms with Crippen LogP contribution in [0.2, 0.25) is 0 Å². The molecule has 0 aliphatic heterocycles. The smallest absolute Gasteiger partial charge is 0.223 e. The zero-order valence-corrected chi connectivity index (χ0v) is 12.1. The summed E-state index contributed by atoms with van der Waals surface area (Å²) in [5, 5.41) is 9.87. The number of amides is 1. The normalized spacial score (nSPS) is 11.4. The largest absolute Gasteiger partial charge is 0.388 e. The molecule has 20 heavy (non-hydrogen) atoms. The van der Waals surface area contributed by atoms with Gasteiger partial charge in [-0.15, -0.1) is 0 Å². The van der Waals surface area contributed by atoms with E-state index in [0.717, 1.165) is 11.1 Å². The number of hydrogen-bond acceptors (Lipinski definition) is 3. The molecule has 1 atom stereocenters. The fraction of sp³-hybridized carbons (Fsp3) is 0.438. The number of hydrogen-bond donors (Lipinski definition) is 2. The van der Waals surface area contributed by atoms with Crippen LogP contribution in [0.4, 0.5) is 0 Å². The molecule has 1 amide bonds. The molecule has 4 nitrogen and oxygen atoms in total. The van der Waals surface area contributed by atoms with Gasteiger partial charge in [0.2, 0.25) is 5.91 Å². The van der Waals surface area contributed by atoms with Crippen molar-refractivity contribution in [1.29, 1.82) is 0 Å². The van der Waals surface area contributed by atoms with E-state index in [4.69, 9.17) is 5.73 Å². The lowest BCUT2D eigenvalue weighted by Gasteiger charge is -2.09. The van der Waals surface area contributed by atoms with Crippen LogP contribution in [0.5, 0.6) is 0 Å². The van der Waals surface area contributed by atoms with Crippen molar-refractivity contribution >= 4 is 5.91 Å². The van der Waals surface area contributed by atoms with E-state index in [9.17, 15) is 9.90 Å². The van der Waals surface area contributed by atoms with Crippen molar-refractivity contribution in [2.45, 2.75) is 25.4 Å². The minimum Gasteiger partial charge on any atom is -0.388 e. The Morgan fingerprint density at radius 1 is 1.45 bits per heavy atom. The molecular weight excluding hydrogens is 252 g/mol. The predicted octanol–water partition coefficient (Wildman–Crippen LogP) is 1.29. The van der Waals surface area contributed by atoms with E-state index in [0.29, 0.717) is 25.8 Å². The van der Waals surface area contributed by atoms with Crippen molar-refractivity contribution in [3.63, 3.8) is 0 Å². The van der Waals surface area contributed by atoms with Crippen LogP contribution in [0.25, 0.3) is 0 Å². The van der Waals surface area contributed by atoms with Gasteiger partial charge >= 0.3 is 0 Å². The zero-order chi connectivity index (χ0) is 15.0. The second-order valence-corrected chi connectivity index (χ2v) is 4.81. The Balaban J connectivity index is 2.61. The third-order valence-corrected chi connectivity index (χ3v) is 2.91. The molecule has 3 N–H and O–H groups in total. The molecule has 0 aliphatic rings. The van der Waals surface area contributed by atoms with Crippen LogP contribution in [-0.4, -0.2) is 36.6 Å². The van der Waals surface area contributed by atoms with Gasteiger partial charge in [-0.2, -0.15) is 0 Å². The number of aliphatic hydroxyl groups is 1. The van der Waals surface area contributed by atoms with E-state index in [1.807, 2.05) is 24.3 Å². The first-order chi connectivity index (χ1) is 9.54. The summed E-state index contributed by atoms with van der Waals surface area (Å²) in [5.41, 5.74) is 7.10. The van der Waals surface area contributed by atoms with Crippen LogP contribution >= 0.6 is 0 Å². The molecule has 0 radical (unpaired) electrons. The molecule has 0 aliphatic carbocycles. The summed E-state index contributed by atoms with van der Waals surface area (Å²) >= 11 is 0. The minimum atomic E-state index is -0.544. The molecular formula is C16H22N2O2. The lowest BCUT2D eigenvalue weighted by atomic mass is 10.0. The minimum absolute atomic E-state index is 0.0754. The Morgan fingerprint density at radius 3 is 2.85 bits per heavy atom. The molecule has 0 heterocycles. The van der Waals surface area contributed by atoms with Crippen molar-refractivity contribution in [2.75, 3.05) is 20.6 Å². The molecule has 108 valence electrons. The molecule has 1 aromatic carbocycles. The topological polar surface area (TPSA) is 66.6 Å². The maximum absolute atomic E-state index is 11.4. The molecule has 0 spiro atoms. The number of nitrogens with zero attached hydrogens (tertiary/aromatic N) is 1. The van der Waals surface area contributed by atoms with Gasteiger partial charge in [0.15, 0.2) is 0 Å². The van der Waals surface area contributed by atoms with Crippen LogP contribution in [0.3, 0.4) is 0 Å². The van der Waals surface area contributed by atoms with E-state index in [1.165, 1.54) is 0 Å². The summed E-state index contributed by atoms with van der Waals surface area (Å²) in [7, 11) is 3.47. The van der Waals surface area contributed by atoms with Gasteiger partial charge in [-0.25, -0.2) is 0 Å². The number of benzene rings is 1. The highest BCUT2D eigenvalue weighted by atomic mass is 16.3. The van der Waals surface area contributed by atoms with Gasteiger partial charge in [0.1, 0.15) is 0 Å². The van der Waals surface area contributed by atoms with Crippen LogP contribution in [0.15, 0.2) is 24.3 Å². The summed E-state index contributed by atoms with van der Waals surface area (Å²) < 4.78 is 0. The number of aliphatic hydroxyl groups excluding tert-OH is 1. The Bertz CT molecular complexity index is 501. The lowest BCUT2D eigenvalue weighted by Crippen LogP contribution is -2.20. The van der Waals surface area contributed by atoms with E-state index in [1.54, 1.807) is 19.0 Å². The second kappa shape index (κ2) is 8.36. The van der Waals surface area contributed by atoms with E-state index in [-0.39, 0.29) is 5.91 Å². The van der Waals surface area contributed by atoms with Crippen LogP contribution in [0.1, 0.15) is 36.5 Å². The first kappa shape index (κ1) is 16.2. The van der Waals surface area contributed by atoms with Gasteiger partial charge in [0, 0.05) is 32.5 Å². The maximum atomic E-state index is 11.4. The highest BCUT2D eigenvalue weighted by molar-refractivity contribution is 5.75. The first-order valence-corrected chi connectivity index (χ1v) is 6.71. The van der Waals surface area contributed by atoms with Crippen molar-refractivity contribution < 1.29 is 9.90 Å². The molecule has 0 saturated carbocycles.